The van der Waals surface area contributed by atoms with E-state index in [-0.39, 0.29) is 24.0 Å². The predicted molar refractivity (Wildman–Crippen MR) is 134 cm³/mol. The van der Waals surface area contributed by atoms with Crippen LogP contribution in [0.3, 0.4) is 0 Å². The van der Waals surface area contributed by atoms with E-state index in [2.05, 4.69) is 44.3 Å². The molecule has 1 aromatic heterocycles. The van der Waals surface area contributed by atoms with Gasteiger partial charge in [0.05, 0.1) is 24.8 Å². The van der Waals surface area contributed by atoms with Gasteiger partial charge in [0, 0.05) is 39.1 Å². The summed E-state index contributed by atoms with van der Waals surface area (Å²) in [5.74, 6) is 0.917. The smallest absolute Gasteiger partial charge is 0.337 e. The zero-order valence-electron chi connectivity index (χ0n) is 21.0. The molecule has 36 heavy (non-hydrogen) atoms. The molecule has 9 heteroatoms. The molecule has 1 aliphatic heterocycles. The molecule has 0 saturated carbocycles. The highest BCUT2D eigenvalue weighted by atomic mass is 16.5. The fourth-order valence-corrected chi connectivity index (χ4v) is 4.33. The van der Waals surface area contributed by atoms with Gasteiger partial charge in [-0.15, -0.1) is 0 Å². The van der Waals surface area contributed by atoms with Crippen molar-refractivity contribution in [2.75, 3.05) is 33.3 Å². The minimum Gasteiger partial charge on any atom is -0.465 e. The maximum Gasteiger partial charge on any atom is 0.337 e. The molecule has 3 aromatic rings. The molecule has 2 heterocycles. The Labute approximate surface area is 211 Å². The van der Waals surface area contributed by atoms with Crippen molar-refractivity contribution < 1.29 is 18.8 Å². The summed E-state index contributed by atoms with van der Waals surface area (Å²) in [4.78, 5) is 33.4. The third-order valence-corrected chi connectivity index (χ3v) is 6.71. The summed E-state index contributed by atoms with van der Waals surface area (Å²) >= 11 is 0. The van der Waals surface area contributed by atoms with E-state index in [0.29, 0.717) is 30.2 Å². The lowest BCUT2D eigenvalue weighted by Crippen LogP contribution is -2.54. The second kappa shape index (κ2) is 11.9. The maximum atomic E-state index is 12.8. The number of hydrogen-bond donors (Lipinski definition) is 1. The number of rotatable bonds is 9. The Kier molecular flexibility index (Phi) is 8.45. The minimum absolute atomic E-state index is 0.0151. The first-order valence-electron chi connectivity index (χ1n) is 12.2. The predicted octanol–water partition coefficient (Wildman–Crippen LogP) is 2.83. The van der Waals surface area contributed by atoms with Gasteiger partial charge in [-0.05, 0) is 37.1 Å². The number of carbonyl (C=O) groups is 2. The van der Waals surface area contributed by atoms with Crippen molar-refractivity contribution in [2.24, 2.45) is 0 Å². The van der Waals surface area contributed by atoms with E-state index < -0.39 is 0 Å². The Hall–Kier alpha value is -3.56. The summed E-state index contributed by atoms with van der Waals surface area (Å²) in [6.45, 7) is 7.59. The molecule has 0 spiro atoms. The molecule has 2 atom stereocenters. The molecule has 0 aliphatic carbocycles. The van der Waals surface area contributed by atoms with Gasteiger partial charge in [-0.25, -0.2) is 4.79 Å². The second-order valence-corrected chi connectivity index (χ2v) is 9.04. The zero-order valence-corrected chi connectivity index (χ0v) is 21.0. The highest BCUT2D eigenvalue weighted by Crippen LogP contribution is 2.21. The number of esters is 1. The van der Waals surface area contributed by atoms with Crippen molar-refractivity contribution in [1.29, 1.82) is 0 Å². The van der Waals surface area contributed by atoms with Gasteiger partial charge in [0.2, 0.25) is 11.8 Å². The summed E-state index contributed by atoms with van der Waals surface area (Å²) in [7, 11) is 1.35. The molecule has 0 radical (unpaired) electrons. The minimum atomic E-state index is -0.376. The SMILES string of the molecule is COC(=O)c1ccc(CNC(=O)[C@@H](C)N2CCN([C@H](C)c3nc(Cc4ccccc4)no3)CC2)cc1. The fourth-order valence-electron chi connectivity index (χ4n) is 4.33. The number of piperazine rings is 1. The highest BCUT2D eigenvalue weighted by Gasteiger charge is 2.29. The van der Waals surface area contributed by atoms with Gasteiger partial charge in [-0.2, -0.15) is 4.98 Å². The number of nitrogens with zero attached hydrogens (tertiary/aromatic N) is 4. The van der Waals surface area contributed by atoms with Crippen LogP contribution in [0, 0.1) is 0 Å². The number of carbonyl (C=O) groups excluding carboxylic acids is 2. The summed E-state index contributed by atoms with van der Waals surface area (Å²) in [6, 6.07) is 16.9. The van der Waals surface area contributed by atoms with Crippen molar-refractivity contribution in [3.8, 4) is 0 Å². The molecule has 1 fully saturated rings. The number of methoxy groups -OCH3 is 1. The molecular weight excluding hydrogens is 458 g/mol. The lowest BCUT2D eigenvalue weighted by atomic mass is 10.1. The zero-order chi connectivity index (χ0) is 25.5. The van der Waals surface area contributed by atoms with Crippen LogP contribution in [0.1, 0.15) is 53.1 Å². The van der Waals surface area contributed by atoms with E-state index in [9.17, 15) is 9.59 Å². The largest absolute Gasteiger partial charge is 0.465 e. The number of hydrogen-bond acceptors (Lipinski definition) is 8. The van der Waals surface area contributed by atoms with Crippen LogP contribution in [0.25, 0.3) is 0 Å². The first-order valence-corrected chi connectivity index (χ1v) is 12.2. The Bertz CT molecular complexity index is 1140. The topological polar surface area (TPSA) is 101 Å². The van der Waals surface area contributed by atoms with Crippen LogP contribution in [-0.2, 0) is 22.5 Å². The van der Waals surface area contributed by atoms with Crippen LogP contribution in [0.4, 0.5) is 0 Å². The Balaban J connectivity index is 1.23. The average molecular weight is 492 g/mol. The molecule has 4 rings (SSSR count). The lowest BCUT2D eigenvalue weighted by molar-refractivity contribution is -0.126. The molecule has 2 aromatic carbocycles. The van der Waals surface area contributed by atoms with Crippen molar-refractivity contribution in [3.05, 3.63) is 83.0 Å². The maximum absolute atomic E-state index is 12.8. The Morgan fingerprint density at radius 2 is 1.64 bits per heavy atom. The summed E-state index contributed by atoms with van der Waals surface area (Å²) in [5.41, 5.74) is 2.56. The van der Waals surface area contributed by atoms with Gasteiger partial charge in [0.1, 0.15) is 0 Å². The molecule has 1 N–H and O–H groups in total. The average Bonchev–Trinajstić information content (AvgIpc) is 3.39. The van der Waals surface area contributed by atoms with Crippen LogP contribution in [-0.4, -0.2) is 71.1 Å². The summed E-state index contributed by atoms with van der Waals surface area (Å²) in [5, 5.41) is 7.16. The number of ether oxygens (including phenoxy) is 1. The monoisotopic (exact) mass is 491 g/mol. The summed E-state index contributed by atoms with van der Waals surface area (Å²) in [6.07, 6.45) is 0.646. The molecule has 190 valence electrons. The van der Waals surface area contributed by atoms with Gasteiger partial charge in [0.15, 0.2) is 5.82 Å². The van der Waals surface area contributed by atoms with E-state index in [4.69, 9.17) is 9.26 Å². The molecular formula is C27H33N5O4. The number of amides is 1. The Morgan fingerprint density at radius 3 is 2.31 bits per heavy atom. The first kappa shape index (κ1) is 25.5. The van der Waals surface area contributed by atoms with Crippen LogP contribution < -0.4 is 5.32 Å². The number of benzene rings is 2. The van der Waals surface area contributed by atoms with Gasteiger partial charge in [-0.3, -0.25) is 14.6 Å². The van der Waals surface area contributed by atoms with Crippen molar-refractivity contribution in [3.63, 3.8) is 0 Å². The van der Waals surface area contributed by atoms with Gasteiger partial charge >= 0.3 is 5.97 Å². The second-order valence-electron chi connectivity index (χ2n) is 9.04. The lowest BCUT2D eigenvalue weighted by Gasteiger charge is -2.39. The normalized spacial score (nSPS) is 16.3. The van der Waals surface area contributed by atoms with Crippen LogP contribution in [0.2, 0.25) is 0 Å². The van der Waals surface area contributed by atoms with Crippen molar-refractivity contribution in [2.45, 2.75) is 38.9 Å². The molecule has 1 saturated heterocycles. The van der Waals surface area contributed by atoms with Gasteiger partial charge < -0.3 is 14.6 Å². The van der Waals surface area contributed by atoms with Gasteiger partial charge in [-0.1, -0.05) is 47.6 Å². The molecule has 0 unspecified atom stereocenters. The molecule has 1 aliphatic rings. The van der Waals surface area contributed by atoms with Crippen molar-refractivity contribution >= 4 is 11.9 Å². The first-order chi connectivity index (χ1) is 17.4. The standard InChI is InChI=1S/C27H33N5O4/c1-19(25(33)28-18-22-9-11-23(12-10-22)27(34)35-3)31-13-15-32(16-14-31)20(2)26-29-24(30-36-26)17-21-7-5-4-6-8-21/h4-12,19-20H,13-18H2,1-3H3,(H,28,33)/t19-,20-/m1/s1. The van der Waals surface area contributed by atoms with Crippen LogP contribution in [0.15, 0.2) is 59.1 Å². The molecule has 0 bridgehead atoms. The third-order valence-electron chi connectivity index (χ3n) is 6.71. The third kappa shape index (κ3) is 6.35. The van der Waals surface area contributed by atoms with E-state index >= 15 is 0 Å². The number of nitrogens with one attached hydrogen (secondary N) is 1. The van der Waals surface area contributed by atoms with E-state index in [1.165, 1.54) is 7.11 Å². The Morgan fingerprint density at radius 1 is 0.972 bits per heavy atom. The quantitative estimate of drug-likeness (QED) is 0.456. The fraction of sp³-hybridized carbons (Fsp3) is 0.407. The van der Waals surface area contributed by atoms with Crippen LogP contribution >= 0.6 is 0 Å². The van der Waals surface area contributed by atoms with E-state index in [1.807, 2.05) is 37.3 Å². The van der Waals surface area contributed by atoms with Crippen molar-refractivity contribution in [1.82, 2.24) is 25.3 Å². The van der Waals surface area contributed by atoms with E-state index in [1.54, 1.807) is 12.1 Å². The summed E-state index contributed by atoms with van der Waals surface area (Å²) < 4.78 is 10.3. The van der Waals surface area contributed by atoms with E-state index in [0.717, 1.165) is 37.3 Å². The van der Waals surface area contributed by atoms with Crippen LogP contribution in [0.5, 0.6) is 0 Å². The highest BCUT2D eigenvalue weighted by molar-refractivity contribution is 5.89. The molecule has 9 nitrogen and oxygen atoms in total. The van der Waals surface area contributed by atoms with Gasteiger partial charge in [0.25, 0.3) is 0 Å². The molecule has 1 amide bonds. The number of aromatic nitrogens is 2.